The van der Waals surface area contributed by atoms with Crippen molar-refractivity contribution in [1.29, 1.82) is 0 Å². The van der Waals surface area contributed by atoms with Gasteiger partial charge in [0.05, 0.1) is 23.5 Å². The van der Waals surface area contributed by atoms with E-state index in [9.17, 15) is 0 Å². The molecule has 0 spiro atoms. The Morgan fingerprint density at radius 1 is 1.05 bits per heavy atom. The zero-order chi connectivity index (χ0) is 17.0. The van der Waals surface area contributed by atoms with Gasteiger partial charge in [0.15, 0.2) is 0 Å². The lowest BCUT2D eigenvalue weighted by Crippen LogP contribution is -2.31. The largest absolute Gasteiger partial charge is 0.379 e. The first-order valence-electron chi connectivity index (χ1n) is 8.01. The van der Waals surface area contributed by atoms with Crippen molar-refractivity contribution in [1.82, 2.24) is 15.0 Å². The Kier molecular flexibility index (Phi) is 6.16. The fraction of sp³-hybridized carbons (Fsp3) is 0.882. The van der Waals surface area contributed by atoms with Crippen LogP contribution in [0.3, 0.4) is 0 Å². The maximum absolute atomic E-state index is 6.02. The van der Waals surface area contributed by atoms with Crippen LogP contribution in [0.15, 0.2) is 6.20 Å². The topological polar surface area (TPSA) is 49.2 Å². The van der Waals surface area contributed by atoms with Gasteiger partial charge in [-0.15, -0.1) is 5.10 Å². The molecule has 5 nitrogen and oxygen atoms in total. The van der Waals surface area contributed by atoms with Crippen molar-refractivity contribution in [2.75, 3.05) is 13.7 Å². The van der Waals surface area contributed by atoms with Crippen molar-refractivity contribution < 1.29 is 9.47 Å². The molecule has 0 bridgehead atoms. The number of nitrogens with zero attached hydrogens (tertiary/aromatic N) is 3. The maximum atomic E-state index is 6.02. The molecule has 0 aliphatic rings. The van der Waals surface area contributed by atoms with Crippen LogP contribution in [-0.2, 0) is 22.4 Å². The predicted molar refractivity (Wildman–Crippen MR) is 88.9 cm³/mol. The van der Waals surface area contributed by atoms with Gasteiger partial charge in [-0.25, -0.2) is 0 Å². The molecule has 22 heavy (non-hydrogen) atoms. The number of hydrogen-bond acceptors (Lipinski definition) is 4. The minimum Gasteiger partial charge on any atom is -0.379 e. The van der Waals surface area contributed by atoms with E-state index in [1.807, 2.05) is 10.9 Å². The molecule has 0 aromatic carbocycles. The summed E-state index contributed by atoms with van der Waals surface area (Å²) in [6.07, 6.45) is 3.64. The summed E-state index contributed by atoms with van der Waals surface area (Å²) in [4.78, 5) is 0. The van der Waals surface area contributed by atoms with E-state index in [2.05, 4.69) is 58.8 Å². The molecule has 0 saturated carbocycles. The van der Waals surface area contributed by atoms with Crippen LogP contribution in [0, 0.1) is 5.41 Å². The highest BCUT2D eigenvalue weighted by Crippen LogP contribution is 2.20. The molecule has 1 aromatic rings. The molecule has 0 radical (unpaired) electrons. The second-order valence-electron chi connectivity index (χ2n) is 8.47. The molecule has 0 unspecified atom stereocenters. The lowest BCUT2D eigenvalue weighted by atomic mass is 9.97. The third kappa shape index (κ3) is 7.36. The van der Waals surface area contributed by atoms with Gasteiger partial charge in [-0.2, -0.15) is 0 Å². The normalized spacial score (nSPS) is 13.6. The van der Waals surface area contributed by atoms with Gasteiger partial charge in [-0.1, -0.05) is 26.0 Å². The smallest absolute Gasteiger partial charge is 0.0855 e. The molecule has 1 rings (SSSR count). The molecule has 0 aliphatic heterocycles. The van der Waals surface area contributed by atoms with Crippen molar-refractivity contribution in [3.8, 4) is 0 Å². The Hall–Kier alpha value is -0.940. The summed E-state index contributed by atoms with van der Waals surface area (Å²) in [5, 5.41) is 8.48. The molecule has 5 heteroatoms. The lowest BCUT2D eigenvalue weighted by molar-refractivity contribution is -0.0578. The summed E-state index contributed by atoms with van der Waals surface area (Å²) in [7, 11) is 1.73. The number of rotatable bonds is 8. The Balaban J connectivity index is 2.50. The van der Waals surface area contributed by atoms with Crippen molar-refractivity contribution in [3.63, 3.8) is 0 Å². The van der Waals surface area contributed by atoms with Crippen molar-refractivity contribution in [2.45, 2.75) is 79.1 Å². The molecule has 0 saturated heterocycles. The summed E-state index contributed by atoms with van der Waals surface area (Å²) >= 11 is 0. The summed E-state index contributed by atoms with van der Waals surface area (Å²) in [5.41, 5.74) is 0.765. The first kappa shape index (κ1) is 19.1. The molecular weight excluding hydrogens is 278 g/mol. The number of ether oxygens (including phenoxy) is 2. The standard InChI is InChI=1S/C17H33N3O2/c1-15(2,3)13-20-12-14(18-19-20)11-17(6,7)22-10-9-16(4,5)21-8/h12H,9-11,13H2,1-8H3. The Morgan fingerprint density at radius 2 is 1.68 bits per heavy atom. The second-order valence-corrected chi connectivity index (χ2v) is 8.47. The van der Waals surface area contributed by atoms with Crippen LogP contribution in [-0.4, -0.2) is 39.9 Å². The van der Waals surface area contributed by atoms with Crippen LogP contribution in [0.5, 0.6) is 0 Å². The van der Waals surface area contributed by atoms with E-state index in [1.165, 1.54) is 0 Å². The molecule has 0 aliphatic carbocycles. The Bertz CT molecular complexity index is 459. The molecule has 0 N–H and O–H groups in total. The highest BCUT2D eigenvalue weighted by Gasteiger charge is 2.24. The summed E-state index contributed by atoms with van der Waals surface area (Å²) in [5.74, 6) is 0. The molecule has 1 aromatic heterocycles. The van der Waals surface area contributed by atoms with Gasteiger partial charge in [0.2, 0.25) is 0 Å². The van der Waals surface area contributed by atoms with Gasteiger partial charge >= 0.3 is 0 Å². The third-order valence-electron chi connectivity index (χ3n) is 3.58. The van der Waals surface area contributed by atoms with E-state index in [0.717, 1.165) is 25.1 Å². The number of hydrogen-bond donors (Lipinski definition) is 0. The van der Waals surface area contributed by atoms with Crippen molar-refractivity contribution in [3.05, 3.63) is 11.9 Å². The maximum Gasteiger partial charge on any atom is 0.0855 e. The average molecular weight is 311 g/mol. The van der Waals surface area contributed by atoms with E-state index in [4.69, 9.17) is 9.47 Å². The Labute approximate surface area is 135 Å². The van der Waals surface area contributed by atoms with Gasteiger partial charge in [0.25, 0.3) is 0 Å². The van der Waals surface area contributed by atoms with E-state index in [0.29, 0.717) is 6.61 Å². The van der Waals surface area contributed by atoms with Gasteiger partial charge in [-0.3, -0.25) is 4.68 Å². The van der Waals surface area contributed by atoms with Crippen LogP contribution in [0.25, 0.3) is 0 Å². The van der Waals surface area contributed by atoms with Crippen LogP contribution < -0.4 is 0 Å². The number of methoxy groups -OCH3 is 1. The summed E-state index contributed by atoms with van der Waals surface area (Å²) in [6, 6.07) is 0. The first-order valence-corrected chi connectivity index (χ1v) is 8.01. The van der Waals surface area contributed by atoms with E-state index in [-0.39, 0.29) is 16.6 Å². The SMILES string of the molecule is COC(C)(C)CCOC(C)(C)Cc1cn(CC(C)(C)C)nn1. The van der Waals surface area contributed by atoms with Crippen LogP contribution in [0.2, 0.25) is 0 Å². The summed E-state index contributed by atoms with van der Waals surface area (Å²) in [6.45, 7) is 16.4. The lowest BCUT2D eigenvalue weighted by Gasteiger charge is -2.28. The van der Waals surface area contributed by atoms with Gasteiger partial charge in [0, 0.05) is 26.3 Å². The van der Waals surface area contributed by atoms with Crippen molar-refractivity contribution >= 4 is 0 Å². The molecule has 0 amide bonds. The predicted octanol–water partition coefficient (Wildman–Crippen LogP) is 3.48. The van der Waals surface area contributed by atoms with Crippen LogP contribution in [0.4, 0.5) is 0 Å². The quantitative estimate of drug-likeness (QED) is 0.737. The highest BCUT2D eigenvalue weighted by molar-refractivity contribution is 4.98. The Morgan fingerprint density at radius 3 is 2.23 bits per heavy atom. The summed E-state index contributed by atoms with van der Waals surface area (Å²) < 4.78 is 13.4. The third-order valence-corrected chi connectivity index (χ3v) is 3.58. The minimum absolute atomic E-state index is 0.147. The van der Waals surface area contributed by atoms with E-state index >= 15 is 0 Å². The monoisotopic (exact) mass is 311 g/mol. The average Bonchev–Trinajstić information content (AvgIpc) is 2.72. The fourth-order valence-electron chi connectivity index (χ4n) is 2.15. The molecule has 0 fully saturated rings. The van der Waals surface area contributed by atoms with Crippen molar-refractivity contribution in [2.24, 2.45) is 5.41 Å². The van der Waals surface area contributed by atoms with Gasteiger partial charge < -0.3 is 9.47 Å². The first-order chi connectivity index (χ1) is 9.92. The molecule has 1 heterocycles. The molecule has 128 valence electrons. The molecule has 0 atom stereocenters. The van der Waals surface area contributed by atoms with E-state index < -0.39 is 0 Å². The second kappa shape index (κ2) is 7.09. The van der Waals surface area contributed by atoms with E-state index in [1.54, 1.807) is 7.11 Å². The van der Waals surface area contributed by atoms with Crippen LogP contribution in [0.1, 0.15) is 60.6 Å². The van der Waals surface area contributed by atoms with Gasteiger partial charge in [0.1, 0.15) is 0 Å². The minimum atomic E-state index is -0.258. The fourth-order valence-corrected chi connectivity index (χ4v) is 2.15. The zero-order valence-electron chi connectivity index (χ0n) is 15.6. The molecular formula is C17H33N3O2. The van der Waals surface area contributed by atoms with Crippen LogP contribution >= 0.6 is 0 Å². The zero-order valence-corrected chi connectivity index (χ0v) is 15.6. The number of aromatic nitrogens is 3. The highest BCUT2D eigenvalue weighted by atomic mass is 16.5. The van der Waals surface area contributed by atoms with Gasteiger partial charge in [-0.05, 0) is 39.5 Å².